The summed E-state index contributed by atoms with van der Waals surface area (Å²) in [5, 5.41) is 9.31. The van der Waals surface area contributed by atoms with Gasteiger partial charge in [0.05, 0.1) is 0 Å². The normalized spacial score (nSPS) is 11.4. The van der Waals surface area contributed by atoms with Gasteiger partial charge in [-0.3, -0.25) is 9.36 Å². The van der Waals surface area contributed by atoms with Crippen LogP contribution in [0.5, 0.6) is 0 Å². The van der Waals surface area contributed by atoms with Crippen molar-refractivity contribution in [1.82, 2.24) is 4.57 Å². The molecule has 4 nitrogen and oxygen atoms in total. The Kier molecular flexibility index (Phi) is 3.52. The zero-order valence-corrected chi connectivity index (χ0v) is 9.86. The van der Waals surface area contributed by atoms with Crippen molar-refractivity contribution in [3.63, 3.8) is 0 Å². The molecule has 0 bridgehead atoms. The molecule has 1 N–H and O–H groups in total. The molecule has 1 aromatic rings. The van der Waals surface area contributed by atoms with Crippen LogP contribution < -0.4 is 5.56 Å². The van der Waals surface area contributed by atoms with Crippen molar-refractivity contribution >= 4 is 5.97 Å². The molecule has 0 aliphatic carbocycles. The summed E-state index contributed by atoms with van der Waals surface area (Å²) in [5.74, 6) is -0.955. The van der Waals surface area contributed by atoms with E-state index in [-0.39, 0.29) is 5.56 Å². The van der Waals surface area contributed by atoms with Crippen LogP contribution in [0.25, 0.3) is 0 Å². The Hall–Kier alpha value is -1.58. The van der Waals surface area contributed by atoms with E-state index in [4.69, 9.17) is 0 Å². The van der Waals surface area contributed by atoms with Gasteiger partial charge in [-0.15, -0.1) is 0 Å². The lowest BCUT2D eigenvalue weighted by Gasteiger charge is -2.29. The quantitative estimate of drug-likeness (QED) is 0.846. The Morgan fingerprint density at radius 2 is 2.00 bits per heavy atom. The molecule has 0 radical (unpaired) electrons. The monoisotopic (exact) mass is 223 g/mol. The van der Waals surface area contributed by atoms with Gasteiger partial charge in [0.1, 0.15) is 5.54 Å². The van der Waals surface area contributed by atoms with E-state index < -0.39 is 11.5 Å². The molecule has 0 fully saturated rings. The molecule has 0 saturated heterocycles. The number of aromatic nitrogens is 1. The maximum Gasteiger partial charge on any atom is 0.329 e. The van der Waals surface area contributed by atoms with E-state index >= 15 is 0 Å². The molecule has 0 aromatic carbocycles. The standard InChI is InChI=1S/C12H17NO3/c1-4-12(5-2,11(15)16)13-7-6-9(3)8-10(13)14/h6-8H,4-5H2,1-3H3,(H,15,16). The number of hydrogen-bond donors (Lipinski definition) is 1. The van der Waals surface area contributed by atoms with E-state index in [9.17, 15) is 14.7 Å². The van der Waals surface area contributed by atoms with Gasteiger partial charge >= 0.3 is 5.97 Å². The first kappa shape index (κ1) is 12.5. The van der Waals surface area contributed by atoms with Crippen LogP contribution >= 0.6 is 0 Å². The van der Waals surface area contributed by atoms with E-state index in [1.807, 2.05) is 6.92 Å². The van der Waals surface area contributed by atoms with Crippen LogP contribution in [0.4, 0.5) is 0 Å². The zero-order valence-electron chi connectivity index (χ0n) is 9.86. The lowest BCUT2D eigenvalue weighted by molar-refractivity contribution is -0.148. The molecule has 0 atom stereocenters. The van der Waals surface area contributed by atoms with E-state index in [0.29, 0.717) is 12.8 Å². The van der Waals surface area contributed by atoms with Crippen LogP contribution in [0, 0.1) is 6.92 Å². The lowest BCUT2D eigenvalue weighted by Crippen LogP contribution is -2.46. The highest BCUT2D eigenvalue weighted by atomic mass is 16.4. The van der Waals surface area contributed by atoms with Crippen molar-refractivity contribution in [2.24, 2.45) is 0 Å². The fraction of sp³-hybridized carbons (Fsp3) is 0.500. The Balaban J connectivity index is 3.43. The van der Waals surface area contributed by atoms with Crippen molar-refractivity contribution in [1.29, 1.82) is 0 Å². The summed E-state index contributed by atoms with van der Waals surface area (Å²) in [4.78, 5) is 23.2. The summed E-state index contributed by atoms with van der Waals surface area (Å²) >= 11 is 0. The van der Waals surface area contributed by atoms with Gasteiger partial charge in [0.25, 0.3) is 5.56 Å². The van der Waals surface area contributed by atoms with Crippen LogP contribution in [-0.4, -0.2) is 15.6 Å². The number of hydrogen-bond acceptors (Lipinski definition) is 2. The van der Waals surface area contributed by atoms with Crippen LogP contribution in [0.3, 0.4) is 0 Å². The largest absolute Gasteiger partial charge is 0.479 e. The summed E-state index contributed by atoms with van der Waals surface area (Å²) in [6, 6.07) is 3.22. The second kappa shape index (κ2) is 4.51. The Labute approximate surface area is 94.5 Å². The third-order valence-corrected chi connectivity index (χ3v) is 3.10. The molecule has 0 aliphatic rings. The van der Waals surface area contributed by atoms with Crippen molar-refractivity contribution in [3.05, 3.63) is 34.2 Å². The fourth-order valence-corrected chi connectivity index (χ4v) is 1.93. The summed E-state index contributed by atoms with van der Waals surface area (Å²) in [6.07, 6.45) is 2.35. The summed E-state index contributed by atoms with van der Waals surface area (Å²) < 4.78 is 1.32. The highest BCUT2D eigenvalue weighted by molar-refractivity contribution is 5.76. The predicted molar refractivity (Wildman–Crippen MR) is 61.6 cm³/mol. The van der Waals surface area contributed by atoms with Crippen LogP contribution in [0.1, 0.15) is 32.3 Å². The number of rotatable bonds is 4. The number of aliphatic carboxylic acids is 1. The maximum atomic E-state index is 11.8. The van der Waals surface area contributed by atoms with Crippen molar-refractivity contribution in [3.8, 4) is 0 Å². The Morgan fingerprint density at radius 1 is 1.44 bits per heavy atom. The molecule has 16 heavy (non-hydrogen) atoms. The first-order valence-corrected chi connectivity index (χ1v) is 5.41. The number of aryl methyl sites for hydroxylation is 1. The Morgan fingerprint density at radius 3 is 2.38 bits per heavy atom. The smallest absolute Gasteiger partial charge is 0.329 e. The molecule has 1 heterocycles. The highest BCUT2D eigenvalue weighted by Crippen LogP contribution is 2.23. The highest BCUT2D eigenvalue weighted by Gasteiger charge is 2.37. The summed E-state index contributed by atoms with van der Waals surface area (Å²) in [6.45, 7) is 5.37. The third-order valence-electron chi connectivity index (χ3n) is 3.10. The number of carbonyl (C=O) groups is 1. The first-order chi connectivity index (χ1) is 7.47. The molecule has 1 rings (SSSR count). The molecule has 1 aromatic heterocycles. The van der Waals surface area contributed by atoms with E-state index in [2.05, 4.69) is 0 Å². The number of nitrogens with zero attached hydrogens (tertiary/aromatic N) is 1. The molecule has 0 aliphatic heterocycles. The second-order valence-corrected chi connectivity index (χ2v) is 3.96. The van der Waals surface area contributed by atoms with E-state index in [1.165, 1.54) is 10.6 Å². The average molecular weight is 223 g/mol. The minimum Gasteiger partial charge on any atom is -0.479 e. The fourth-order valence-electron chi connectivity index (χ4n) is 1.93. The van der Waals surface area contributed by atoms with Crippen LogP contribution in [0.2, 0.25) is 0 Å². The van der Waals surface area contributed by atoms with Gasteiger partial charge < -0.3 is 5.11 Å². The van der Waals surface area contributed by atoms with Gasteiger partial charge in [-0.1, -0.05) is 13.8 Å². The van der Waals surface area contributed by atoms with Gasteiger partial charge in [0.2, 0.25) is 0 Å². The van der Waals surface area contributed by atoms with Gasteiger partial charge in [0, 0.05) is 12.3 Å². The molecule has 0 unspecified atom stereocenters. The molecule has 88 valence electrons. The first-order valence-electron chi connectivity index (χ1n) is 5.41. The minimum atomic E-state index is -1.12. The van der Waals surface area contributed by atoms with Crippen molar-refractivity contribution < 1.29 is 9.90 Å². The van der Waals surface area contributed by atoms with Crippen molar-refractivity contribution in [2.45, 2.75) is 39.2 Å². The average Bonchev–Trinajstić information content (AvgIpc) is 2.22. The SMILES string of the molecule is CCC(CC)(C(=O)O)n1ccc(C)cc1=O. The Bertz CT molecular complexity index is 444. The van der Waals surface area contributed by atoms with Gasteiger partial charge in [0.15, 0.2) is 0 Å². The molecule has 0 spiro atoms. The number of carboxylic acids is 1. The number of pyridine rings is 1. The van der Waals surface area contributed by atoms with Crippen LogP contribution in [-0.2, 0) is 10.3 Å². The molecular weight excluding hydrogens is 206 g/mol. The summed E-state index contributed by atoms with van der Waals surface area (Å²) in [7, 11) is 0. The van der Waals surface area contributed by atoms with Gasteiger partial charge in [-0.2, -0.15) is 0 Å². The topological polar surface area (TPSA) is 59.3 Å². The van der Waals surface area contributed by atoms with Crippen molar-refractivity contribution in [2.75, 3.05) is 0 Å². The number of carboxylic acid groups (broad SMARTS) is 1. The van der Waals surface area contributed by atoms with E-state index in [1.54, 1.807) is 26.1 Å². The molecule has 0 saturated carbocycles. The molecule has 0 amide bonds. The maximum absolute atomic E-state index is 11.8. The van der Waals surface area contributed by atoms with Crippen LogP contribution in [0.15, 0.2) is 23.1 Å². The zero-order chi connectivity index (χ0) is 12.3. The van der Waals surface area contributed by atoms with Gasteiger partial charge in [-0.05, 0) is 31.4 Å². The minimum absolute atomic E-state index is 0.258. The third kappa shape index (κ3) is 1.87. The molecule has 4 heteroatoms. The lowest BCUT2D eigenvalue weighted by atomic mass is 9.92. The van der Waals surface area contributed by atoms with E-state index in [0.717, 1.165) is 5.56 Å². The predicted octanol–water partition coefficient (Wildman–Crippen LogP) is 1.76. The molecular formula is C12H17NO3. The van der Waals surface area contributed by atoms with Gasteiger partial charge in [-0.25, -0.2) is 4.79 Å². The second-order valence-electron chi connectivity index (χ2n) is 3.96. The summed E-state index contributed by atoms with van der Waals surface area (Å²) in [5.41, 5.74) is -0.538.